The standard InChI is InChI=1S/C19H30N2O6/c1-18(2,3)14(20-15(22)11-9-26-6-7-27-11)16(23)21-8-10-12(19(10,4)5)13(21)17(24)25/h10-14H,6-9H2,1-5H3,(H,20,22)(H,24,25)/t10-,11?,12-,13-,14?/m0/s1. The quantitative estimate of drug-likeness (QED) is 0.734. The zero-order valence-electron chi connectivity index (χ0n) is 16.7. The number of hydrogen-bond donors (Lipinski definition) is 2. The number of fused-ring (bicyclic) bond motifs is 1. The van der Waals surface area contributed by atoms with Crippen LogP contribution in [0.2, 0.25) is 0 Å². The second kappa shape index (κ2) is 6.74. The number of ether oxygens (including phenoxy) is 2. The summed E-state index contributed by atoms with van der Waals surface area (Å²) < 4.78 is 10.7. The Kier molecular flexibility index (Phi) is 5.01. The van der Waals surface area contributed by atoms with E-state index in [1.165, 1.54) is 4.90 Å². The van der Waals surface area contributed by atoms with Crippen molar-refractivity contribution in [1.82, 2.24) is 10.2 Å². The number of piperidine rings is 1. The largest absolute Gasteiger partial charge is 0.480 e. The summed E-state index contributed by atoms with van der Waals surface area (Å²) >= 11 is 0. The number of rotatable bonds is 4. The Bertz CT molecular complexity index is 635. The highest BCUT2D eigenvalue weighted by molar-refractivity contribution is 5.93. The first kappa shape index (κ1) is 20.1. The molecule has 8 nitrogen and oxygen atoms in total. The van der Waals surface area contributed by atoms with E-state index in [9.17, 15) is 19.5 Å². The van der Waals surface area contributed by atoms with Crippen molar-refractivity contribution in [3.8, 4) is 0 Å². The third kappa shape index (κ3) is 3.57. The topological polar surface area (TPSA) is 105 Å². The number of carboxylic acid groups (broad SMARTS) is 1. The number of nitrogens with zero attached hydrogens (tertiary/aromatic N) is 1. The smallest absolute Gasteiger partial charge is 0.326 e. The minimum atomic E-state index is -0.982. The zero-order valence-corrected chi connectivity index (χ0v) is 16.7. The van der Waals surface area contributed by atoms with Crippen molar-refractivity contribution in [1.29, 1.82) is 0 Å². The van der Waals surface area contributed by atoms with E-state index in [0.717, 1.165) is 0 Å². The number of likely N-dealkylation sites (tertiary alicyclic amines) is 1. The maximum Gasteiger partial charge on any atom is 0.326 e. The molecule has 2 unspecified atom stereocenters. The lowest BCUT2D eigenvalue weighted by Crippen LogP contribution is -2.60. The fraction of sp³-hybridized carbons (Fsp3) is 0.842. The summed E-state index contributed by atoms with van der Waals surface area (Å²) in [6.45, 7) is 11.0. The molecule has 0 radical (unpaired) electrons. The van der Waals surface area contributed by atoms with Gasteiger partial charge < -0.3 is 24.8 Å². The van der Waals surface area contributed by atoms with E-state index in [4.69, 9.17) is 9.47 Å². The lowest BCUT2D eigenvalue weighted by atomic mass is 9.85. The lowest BCUT2D eigenvalue weighted by Gasteiger charge is -2.37. The van der Waals surface area contributed by atoms with Gasteiger partial charge >= 0.3 is 5.97 Å². The molecule has 3 aliphatic rings. The van der Waals surface area contributed by atoms with Gasteiger partial charge in [-0.15, -0.1) is 0 Å². The molecular formula is C19H30N2O6. The average molecular weight is 382 g/mol. The van der Waals surface area contributed by atoms with Crippen LogP contribution < -0.4 is 5.32 Å². The van der Waals surface area contributed by atoms with Gasteiger partial charge in [-0.1, -0.05) is 34.6 Å². The summed E-state index contributed by atoms with van der Waals surface area (Å²) in [5, 5.41) is 12.5. The minimum absolute atomic E-state index is 0.0367. The van der Waals surface area contributed by atoms with Crippen LogP contribution in [-0.2, 0) is 23.9 Å². The maximum atomic E-state index is 13.3. The Balaban J connectivity index is 1.76. The molecule has 3 fully saturated rings. The molecule has 0 aromatic rings. The number of carbonyl (C=O) groups excluding carboxylic acids is 2. The van der Waals surface area contributed by atoms with Crippen LogP contribution in [0.4, 0.5) is 0 Å². The van der Waals surface area contributed by atoms with Crippen molar-refractivity contribution in [2.75, 3.05) is 26.4 Å². The van der Waals surface area contributed by atoms with Crippen LogP contribution >= 0.6 is 0 Å². The predicted octanol–water partition coefficient (Wildman–Crippen LogP) is 0.500. The predicted molar refractivity (Wildman–Crippen MR) is 95.8 cm³/mol. The first-order valence-corrected chi connectivity index (χ1v) is 9.49. The highest BCUT2D eigenvalue weighted by Crippen LogP contribution is 2.65. The van der Waals surface area contributed by atoms with Crippen LogP contribution in [-0.4, -0.2) is 72.3 Å². The van der Waals surface area contributed by atoms with E-state index in [2.05, 4.69) is 5.32 Å². The molecule has 2 amide bonds. The van der Waals surface area contributed by atoms with Crippen LogP contribution in [0, 0.1) is 22.7 Å². The van der Waals surface area contributed by atoms with Gasteiger partial charge in [-0.25, -0.2) is 4.79 Å². The van der Waals surface area contributed by atoms with E-state index in [1.807, 2.05) is 34.6 Å². The first-order valence-electron chi connectivity index (χ1n) is 9.49. The number of amides is 2. The molecule has 3 rings (SSSR count). The Labute approximate surface area is 159 Å². The fourth-order valence-electron chi connectivity index (χ4n) is 4.48. The second-order valence-corrected chi connectivity index (χ2v) is 9.47. The van der Waals surface area contributed by atoms with Crippen molar-refractivity contribution < 1.29 is 29.0 Å². The van der Waals surface area contributed by atoms with Crippen molar-refractivity contribution in [2.24, 2.45) is 22.7 Å². The summed E-state index contributed by atoms with van der Waals surface area (Å²) in [6.07, 6.45) is -0.752. The minimum Gasteiger partial charge on any atom is -0.480 e. The Morgan fingerprint density at radius 2 is 1.89 bits per heavy atom. The molecule has 1 saturated carbocycles. The van der Waals surface area contributed by atoms with Gasteiger partial charge in [0.05, 0.1) is 19.8 Å². The lowest BCUT2D eigenvalue weighted by molar-refractivity contribution is -0.156. The van der Waals surface area contributed by atoms with Crippen LogP contribution in [0.1, 0.15) is 34.6 Å². The molecule has 8 heteroatoms. The summed E-state index contributed by atoms with van der Waals surface area (Å²) in [5.41, 5.74) is -0.638. The number of hydrogen-bond acceptors (Lipinski definition) is 5. The van der Waals surface area contributed by atoms with Crippen LogP contribution in [0.3, 0.4) is 0 Å². The molecule has 1 aliphatic carbocycles. The number of aliphatic carboxylic acids is 1. The fourth-order valence-corrected chi connectivity index (χ4v) is 4.48. The molecule has 0 spiro atoms. The van der Waals surface area contributed by atoms with Crippen LogP contribution in [0.25, 0.3) is 0 Å². The third-order valence-electron chi connectivity index (χ3n) is 6.25. The average Bonchev–Trinajstić information content (AvgIpc) is 2.96. The summed E-state index contributed by atoms with van der Waals surface area (Å²) in [4.78, 5) is 39.1. The monoisotopic (exact) mass is 382 g/mol. The van der Waals surface area contributed by atoms with Gasteiger partial charge in [0.2, 0.25) is 5.91 Å². The maximum absolute atomic E-state index is 13.3. The molecular weight excluding hydrogens is 352 g/mol. The molecule has 0 aromatic carbocycles. The number of carbonyl (C=O) groups is 3. The van der Waals surface area contributed by atoms with Gasteiger partial charge in [-0.3, -0.25) is 9.59 Å². The number of nitrogens with one attached hydrogen (secondary N) is 1. The van der Waals surface area contributed by atoms with Crippen LogP contribution in [0.5, 0.6) is 0 Å². The Morgan fingerprint density at radius 1 is 1.22 bits per heavy atom. The van der Waals surface area contributed by atoms with Crippen molar-refractivity contribution in [3.63, 3.8) is 0 Å². The van der Waals surface area contributed by atoms with Crippen LogP contribution in [0.15, 0.2) is 0 Å². The van der Waals surface area contributed by atoms with E-state index in [1.54, 1.807) is 0 Å². The molecule has 0 bridgehead atoms. The molecule has 0 aromatic heterocycles. The second-order valence-electron chi connectivity index (χ2n) is 9.47. The molecule has 2 aliphatic heterocycles. The highest BCUT2D eigenvalue weighted by atomic mass is 16.6. The number of carboxylic acids is 1. The Morgan fingerprint density at radius 3 is 2.41 bits per heavy atom. The van der Waals surface area contributed by atoms with Gasteiger partial charge in [0.15, 0.2) is 6.10 Å². The van der Waals surface area contributed by atoms with Gasteiger partial charge in [0.25, 0.3) is 5.91 Å². The van der Waals surface area contributed by atoms with Gasteiger partial charge in [-0.2, -0.15) is 0 Å². The summed E-state index contributed by atoms with van der Waals surface area (Å²) in [7, 11) is 0. The molecule has 2 saturated heterocycles. The SMILES string of the molecule is CC(C)(C)C(NC(=O)C1COCCO1)C(=O)N1C[C@H]2[C@@H]([C@H]1C(=O)O)C2(C)C. The normalized spacial score (nSPS) is 33.1. The molecule has 2 N–H and O–H groups in total. The van der Waals surface area contributed by atoms with Gasteiger partial charge in [-0.05, 0) is 16.7 Å². The molecule has 152 valence electrons. The first-order chi connectivity index (χ1) is 12.5. The molecule has 2 heterocycles. The van der Waals surface area contributed by atoms with Crippen molar-refractivity contribution >= 4 is 17.8 Å². The summed E-state index contributed by atoms with van der Waals surface area (Å²) in [6, 6.07) is -1.67. The van der Waals surface area contributed by atoms with Crippen molar-refractivity contribution in [3.05, 3.63) is 0 Å². The van der Waals surface area contributed by atoms with E-state index in [-0.39, 0.29) is 29.8 Å². The zero-order chi connectivity index (χ0) is 20.1. The van der Waals surface area contributed by atoms with Gasteiger partial charge in [0, 0.05) is 12.5 Å². The van der Waals surface area contributed by atoms with E-state index in [0.29, 0.717) is 19.8 Å². The Hall–Kier alpha value is -1.67. The highest BCUT2D eigenvalue weighted by Gasteiger charge is 2.70. The van der Waals surface area contributed by atoms with Crippen molar-refractivity contribution in [2.45, 2.75) is 52.8 Å². The van der Waals surface area contributed by atoms with Gasteiger partial charge in [0.1, 0.15) is 12.1 Å². The molecule has 27 heavy (non-hydrogen) atoms. The molecule has 5 atom stereocenters. The summed E-state index contributed by atoms with van der Waals surface area (Å²) in [5.74, 6) is -1.58. The third-order valence-corrected chi connectivity index (χ3v) is 6.25. The van der Waals surface area contributed by atoms with E-state index < -0.39 is 35.5 Å². The van der Waals surface area contributed by atoms with E-state index >= 15 is 0 Å².